The Bertz CT molecular complexity index is 1010. The second-order valence-electron chi connectivity index (χ2n) is 4.88. The van der Waals surface area contributed by atoms with Crippen molar-refractivity contribution in [1.29, 1.82) is 0 Å². The lowest BCUT2D eigenvalue weighted by Crippen LogP contribution is -2.05. The van der Waals surface area contributed by atoms with E-state index in [-0.39, 0.29) is 16.8 Å². The molecule has 2 aromatic rings. The van der Waals surface area contributed by atoms with Crippen molar-refractivity contribution in [3.8, 4) is 0 Å². The van der Waals surface area contributed by atoms with Gasteiger partial charge in [-0.05, 0) is 41.5 Å². The molecule has 0 bridgehead atoms. The van der Waals surface area contributed by atoms with Crippen LogP contribution in [0.25, 0.3) is 11.0 Å². The molecule has 0 unspecified atom stereocenters. The maximum absolute atomic E-state index is 11.7. The molecule has 0 aliphatic rings. The van der Waals surface area contributed by atoms with Crippen LogP contribution in [0.4, 0.5) is 11.4 Å². The van der Waals surface area contributed by atoms with Gasteiger partial charge in [0, 0.05) is 11.4 Å². The number of benzene rings is 2. The van der Waals surface area contributed by atoms with Crippen molar-refractivity contribution in [2.45, 2.75) is 4.90 Å². The summed E-state index contributed by atoms with van der Waals surface area (Å²) in [5.41, 5.74) is 11.4. The largest absolute Gasteiger partial charge is 0.399 e. The summed E-state index contributed by atoms with van der Waals surface area (Å²) < 4.78 is 65.0. The monoisotopic (exact) mass is 370 g/mol. The van der Waals surface area contributed by atoms with Gasteiger partial charge in [-0.15, -0.1) is 0 Å². The van der Waals surface area contributed by atoms with Crippen molar-refractivity contribution < 1.29 is 25.9 Å². The van der Waals surface area contributed by atoms with E-state index in [0.717, 1.165) is 12.1 Å². The molecule has 0 fully saturated rings. The Balaban J connectivity index is 2.76. The first kappa shape index (κ1) is 17.9. The van der Waals surface area contributed by atoms with Gasteiger partial charge < -0.3 is 11.5 Å². The average Bonchev–Trinajstić information content (AvgIpc) is 2.45. The van der Waals surface area contributed by atoms with Crippen molar-refractivity contribution in [3.63, 3.8) is 0 Å². The van der Waals surface area contributed by atoms with Crippen LogP contribution in [0.5, 0.6) is 0 Å². The Hall–Kier alpha value is -2.40. The summed E-state index contributed by atoms with van der Waals surface area (Å²) in [5.74, 6) is 0. The molecule has 0 aliphatic carbocycles. The highest BCUT2D eigenvalue weighted by atomic mass is 32.2. The van der Waals surface area contributed by atoms with Crippen LogP contribution in [-0.2, 0) is 20.2 Å². The molecule has 0 heterocycles. The van der Waals surface area contributed by atoms with Crippen molar-refractivity contribution in [3.05, 3.63) is 53.6 Å². The molecule has 24 heavy (non-hydrogen) atoms. The van der Waals surface area contributed by atoms with E-state index in [1.54, 1.807) is 0 Å². The molecule has 0 radical (unpaired) electrons. The number of hydrogen-bond acceptors (Lipinski definition) is 6. The molecular weight excluding hydrogens is 356 g/mol. The van der Waals surface area contributed by atoms with Crippen LogP contribution >= 0.6 is 0 Å². The number of nitrogen functional groups attached to an aromatic ring is 2. The van der Waals surface area contributed by atoms with E-state index >= 15 is 0 Å². The van der Waals surface area contributed by atoms with Crippen molar-refractivity contribution >= 4 is 42.6 Å². The highest BCUT2D eigenvalue weighted by molar-refractivity contribution is 7.95. The second kappa shape index (κ2) is 6.24. The molecule has 0 amide bonds. The number of rotatable bonds is 4. The third kappa shape index (κ3) is 4.11. The highest BCUT2D eigenvalue weighted by Gasteiger charge is 2.20. The normalized spacial score (nSPS) is 13.0. The fraction of sp³-hybridized carbons (Fsp3) is 0. The Kier molecular flexibility index (Phi) is 4.67. The molecule has 0 saturated carbocycles. The van der Waals surface area contributed by atoms with E-state index < -0.39 is 30.0 Å². The summed E-state index contributed by atoms with van der Waals surface area (Å²) in [5, 5.41) is 0. The second-order valence-corrected chi connectivity index (χ2v) is 7.66. The maximum atomic E-state index is 11.7. The average molecular weight is 370 g/mol. The molecule has 128 valence electrons. The molecule has 0 saturated heterocycles. The lowest BCUT2D eigenvalue weighted by atomic mass is 10.1. The molecule has 0 atom stereocenters. The number of nitrogens with two attached hydrogens (primary N) is 2. The first-order valence-electron chi connectivity index (χ1n) is 6.40. The van der Waals surface area contributed by atoms with Crippen LogP contribution in [0.2, 0.25) is 0 Å². The predicted molar refractivity (Wildman–Crippen MR) is 90.9 cm³/mol. The number of anilines is 2. The molecule has 0 spiro atoms. The Morgan fingerprint density at radius 2 is 1.42 bits per heavy atom. The summed E-state index contributed by atoms with van der Waals surface area (Å²) in [6.07, 6.45) is 0.920. The smallest absolute Gasteiger partial charge is 0.295 e. The maximum Gasteiger partial charge on any atom is 0.295 e. The standard InChI is InChI=1S/C14H14N2O6S2/c15-11-4-1-9(2-5-11)13(23(17,18)19)7-10-3-6-12(16)8-14(10)24(20,21)22/h1-8H,15-16H2,(H,17,18,19)(H,20,21,22)/b13-7-. The van der Waals surface area contributed by atoms with Gasteiger partial charge in [0.25, 0.3) is 20.2 Å². The first-order chi connectivity index (χ1) is 11.0. The summed E-state index contributed by atoms with van der Waals surface area (Å²) in [7, 11) is -9.35. The van der Waals surface area contributed by atoms with Gasteiger partial charge in [-0.1, -0.05) is 18.2 Å². The van der Waals surface area contributed by atoms with E-state index in [2.05, 4.69) is 0 Å². The zero-order chi connectivity index (χ0) is 18.1. The third-order valence-electron chi connectivity index (χ3n) is 3.08. The van der Waals surface area contributed by atoms with Crippen LogP contribution in [0.3, 0.4) is 0 Å². The van der Waals surface area contributed by atoms with Crippen LogP contribution < -0.4 is 11.5 Å². The molecule has 0 aromatic heterocycles. The van der Waals surface area contributed by atoms with Gasteiger partial charge >= 0.3 is 0 Å². The van der Waals surface area contributed by atoms with Gasteiger partial charge in [0.05, 0.1) is 0 Å². The van der Waals surface area contributed by atoms with E-state index in [1.807, 2.05) is 0 Å². The van der Waals surface area contributed by atoms with Crippen LogP contribution in [0, 0.1) is 0 Å². The van der Waals surface area contributed by atoms with Gasteiger partial charge in [-0.2, -0.15) is 16.8 Å². The van der Waals surface area contributed by atoms with E-state index in [4.69, 9.17) is 11.5 Å². The molecule has 6 N–H and O–H groups in total. The van der Waals surface area contributed by atoms with Gasteiger partial charge in [0.15, 0.2) is 0 Å². The molecule has 10 heteroatoms. The van der Waals surface area contributed by atoms with Crippen molar-refractivity contribution in [1.82, 2.24) is 0 Å². The summed E-state index contributed by atoms with van der Waals surface area (Å²) in [6, 6.07) is 9.04. The van der Waals surface area contributed by atoms with E-state index in [1.165, 1.54) is 36.4 Å². The van der Waals surface area contributed by atoms with Gasteiger partial charge in [0.2, 0.25) is 0 Å². The SMILES string of the molecule is Nc1ccc(/C(=C/c2ccc(N)cc2S(=O)(=O)O)S(=O)(=O)O)cc1. The molecule has 2 rings (SSSR count). The Morgan fingerprint density at radius 1 is 0.875 bits per heavy atom. The van der Waals surface area contributed by atoms with Crippen molar-refractivity contribution in [2.24, 2.45) is 0 Å². The van der Waals surface area contributed by atoms with Gasteiger partial charge in [-0.25, -0.2) is 0 Å². The minimum absolute atomic E-state index is 0.0562. The van der Waals surface area contributed by atoms with Gasteiger partial charge in [-0.3, -0.25) is 9.11 Å². The summed E-state index contributed by atoms with van der Waals surface area (Å²) >= 11 is 0. The van der Waals surface area contributed by atoms with Crippen molar-refractivity contribution in [2.75, 3.05) is 11.5 Å². The quantitative estimate of drug-likeness (QED) is 0.357. The zero-order valence-electron chi connectivity index (χ0n) is 12.1. The van der Waals surface area contributed by atoms with Gasteiger partial charge in [0.1, 0.15) is 9.80 Å². The van der Waals surface area contributed by atoms with E-state index in [0.29, 0.717) is 5.69 Å². The Labute approximate surface area is 138 Å². The minimum atomic E-state index is -4.69. The fourth-order valence-corrected chi connectivity index (χ4v) is 3.41. The van der Waals surface area contributed by atoms with E-state index in [9.17, 15) is 25.9 Å². The third-order valence-corrected chi connectivity index (χ3v) is 4.89. The van der Waals surface area contributed by atoms with Crippen LogP contribution in [0.1, 0.15) is 11.1 Å². The molecule has 8 nitrogen and oxygen atoms in total. The Morgan fingerprint density at radius 3 is 1.92 bits per heavy atom. The molecular formula is C14H14N2O6S2. The lowest BCUT2D eigenvalue weighted by Gasteiger charge is -2.08. The lowest BCUT2D eigenvalue weighted by molar-refractivity contribution is 0.482. The zero-order valence-corrected chi connectivity index (χ0v) is 13.8. The predicted octanol–water partition coefficient (Wildman–Crippen LogP) is 1.48. The van der Waals surface area contributed by atoms with Crippen LogP contribution in [-0.4, -0.2) is 25.9 Å². The summed E-state index contributed by atoms with van der Waals surface area (Å²) in [6.45, 7) is 0. The topological polar surface area (TPSA) is 161 Å². The minimum Gasteiger partial charge on any atom is -0.399 e. The summed E-state index contributed by atoms with van der Waals surface area (Å²) in [4.78, 5) is -1.14. The molecule has 0 aliphatic heterocycles. The fourth-order valence-electron chi connectivity index (χ4n) is 1.99. The van der Waals surface area contributed by atoms with Crippen LogP contribution in [0.15, 0.2) is 47.4 Å². The first-order valence-corrected chi connectivity index (χ1v) is 9.28. The number of hydrogen-bond donors (Lipinski definition) is 4. The highest BCUT2D eigenvalue weighted by Crippen LogP contribution is 2.28. The molecule has 2 aromatic carbocycles.